The summed E-state index contributed by atoms with van der Waals surface area (Å²) in [6.45, 7) is 2.64. The molecule has 33 heavy (non-hydrogen) atoms. The summed E-state index contributed by atoms with van der Waals surface area (Å²) in [4.78, 5) is 24.4. The topological polar surface area (TPSA) is 88.0 Å². The molecular formula is C24H25F2N5O2. The lowest BCUT2D eigenvalue weighted by Crippen LogP contribution is -2.24. The van der Waals surface area contributed by atoms with Crippen LogP contribution in [0.25, 0.3) is 5.69 Å². The van der Waals surface area contributed by atoms with Crippen LogP contribution in [0, 0.1) is 11.6 Å². The number of carbonyl (C=O) groups is 2. The molecule has 3 aromatic rings. The molecule has 0 saturated carbocycles. The van der Waals surface area contributed by atoms with Gasteiger partial charge in [0.25, 0.3) is 0 Å². The Morgan fingerprint density at radius 2 is 2.00 bits per heavy atom. The molecular weight excluding hydrogens is 428 g/mol. The lowest BCUT2D eigenvalue weighted by Gasteiger charge is -2.13. The number of nitrogens with one attached hydrogen (secondary N) is 3. The number of carbonyl (C=O) groups excluding carboxylic acids is 2. The van der Waals surface area contributed by atoms with Crippen molar-refractivity contribution in [2.75, 3.05) is 17.2 Å². The number of aryl methyl sites for hydroxylation is 1. The number of nitrogens with zero attached hydrogens (tertiary/aromatic N) is 2. The monoisotopic (exact) mass is 453 g/mol. The number of rotatable bonds is 6. The summed E-state index contributed by atoms with van der Waals surface area (Å²) in [6, 6.07) is 10.3. The van der Waals surface area contributed by atoms with Gasteiger partial charge >= 0.3 is 6.03 Å². The van der Waals surface area contributed by atoms with E-state index in [4.69, 9.17) is 0 Å². The first-order valence-electron chi connectivity index (χ1n) is 10.9. The van der Waals surface area contributed by atoms with E-state index in [-0.39, 0.29) is 11.6 Å². The molecule has 9 heteroatoms. The molecule has 1 aliphatic heterocycles. The minimum Gasteiger partial charge on any atom is -0.355 e. The Bertz CT molecular complexity index is 1190. The van der Waals surface area contributed by atoms with Gasteiger partial charge < -0.3 is 10.6 Å². The zero-order chi connectivity index (χ0) is 23.4. The number of halogens is 2. The van der Waals surface area contributed by atoms with E-state index in [9.17, 15) is 18.4 Å². The van der Waals surface area contributed by atoms with Crippen LogP contribution in [0.2, 0.25) is 0 Å². The van der Waals surface area contributed by atoms with Gasteiger partial charge in [-0.1, -0.05) is 25.5 Å². The van der Waals surface area contributed by atoms with Crippen molar-refractivity contribution in [3.8, 4) is 5.69 Å². The van der Waals surface area contributed by atoms with Crippen molar-refractivity contribution in [2.24, 2.45) is 0 Å². The van der Waals surface area contributed by atoms with Crippen LogP contribution in [-0.2, 0) is 24.1 Å². The number of benzene rings is 2. The first kappa shape index (κ1) is 22.4. The van der Waals surface area contributed by atoms with E-state index in [2.05, 4.69) is 28.0 Å². The summed E-state index contributed by atoms with van der Waals surface area (Å²) in [7, 11) is 0. The molecule has 3 N–H and O–H groups in total. The molecule has 0 unspecified atom stereocenters. The first-order valence-corrected chi connectivity index (χ1v) is 10.9. The Hall–Kier alpha value is -3.75. The van der Waals surface area contributed by atoms with Gasteiger partial charge in [0.05, 0.1) is 23.5 Å². The van der Waals surface area contributed by atoms with E-state index >= 15 is 0 Å². The normalized spacial score (nSPS) is 13.1. The van der Waals surface area contributed by atoms with Gasteiger partial charge in [-0.15, -0.1) is 0 Å². The van der Waals surface area contributed by atoms with Crippen molar-refractivity contribution in [1.82, 2.24) is 15.1 Å². The lowest BCUT2D eigenvalue weighted by atomic mass is 10.0. The van der Waals surface area contributed by atoms with Gasteiger partial charge in [0.1, 0.15) is 5.82 Å². The van der Waals surface area contributed by atoms with E-state index in [0.29, 0.717) is 25.2 Å². The highest BCUT2D eigenvalue weighted by atomic mass is 19.2. The molecule has 0 spiro atoms. The maximum absolute atomic E-state index is 13.9. The second kappa shape index (κ2) is 9.81. The molecule has 3 amide bonds. The molecule has 172 valence electrons. The van der Waals surface area contributed by atoms with Crippen molar-refractivity contribution in [1.29, 1.82) is 0 Å². The number of urea groups is 1. The molecule has 2 heterocycles. The molecule has 0 fully saturated rings. The second-order valence-corrected chi connectivity index (χ2v) is 7.95. The molecule has 1 aromatic heterocycles. The smallest absolute Gasteiger partial charge is 0.324 e. The second-order valence-electron chi connectivity index (χ2n) is 7.95. The number of hydrogen-bond acceptors (Lipinski definition) is 3. The fourth-order valence-corrected chi connectivity index (χ4v) is 3.79. The van der Waals surface area contributed by atoms with Crippen molar-refractivity contribution in [2.45, 2.75) is 39.0 Å². The van der Waals surface area contributed by atoms with Crippen molar-refractivity contribution in [3.05, 3.63) is 70.9 Å². The summed E-state index contributed by atoms with van der Waals surface area (Å²) in [5.41, 5.74) is 3.27. The Morgan fingerprint density at radius 3 is 2.82 bits per heavy atom. The molecule has 4 rings (SSSR count). The summed E-state index contributed by atoms with van der Waals surface area (Å²) >= 11 is 0. The predicted molar refractivity (Wildman–Crippen MR) is 122 cm³/mol. The maximum atomic E-state index is 13.9. The third-order valence-electron chi connectivity index (χ3n) is 5.49. The number of unbranched alkanes of at least 4 members (excludes halogenated alkanes) is 1. The fourth-order valence-electron chi connectivity index (χ4n) is 3.79. The highest BCUT2D eigenvalue weighted by Gasteiger charge is 2.18. The number of hydrogen-bond donors (Lipinski definition) is 3. The van der Waals surface area contributed by atoms with E-state index in [0.717, 1.165) is 47.8 Å². The van der Waals surface area contributed by atoms with Gasteiger partial charge in [-0.25, -0.2) is 18.3 Å². The minimum absolute atomic E-state index is 0.00829. The van der Waals surface area contributed by atoms with Crippen molar-refractivity contribution in [3.63, 3.8) is 0 Å². The Balaban J connectivity index is 1.62. The molecule has 0 aliphatic carbocycles. The van der Waals surface area contributed by atoms with Gasteiger partial charge in [0, 0.05) is 12.6 Å². The van der Waals surface area contributed by atoms with Gasteiger partial charge in [0.2, 0.25) is 5.91 Å². The highest BCUT2D eigenvalue weighted by molar-refractivity contribution is 5.99. The summed E-state index contributed by atoms with van der Waals surface area (Å²) in [5.74, 6) is -1.78. The van der Waals surface area contributed by atoms with Gasteiger partial charge in [0.15, 0.2) is 11.6 Å². The van der Waals surface area contributed by atoms with Crippen LogP contribution in [0.15, 0.2) is 42.5 Å². The van der Waals surface area contributed by atoms with Crippen LogP contribution < -0.4 is 16.0 Å². The average molecular weight is 453 g/mol. The van der Waals surface area contributed by atoms with E-state index in [1.54, 1.807) is 10.7 Å². The van der Waals surface area contributed by atoms with Crippen LogP contribution in [-0.4, -0.2) is 28.3 Å². The number of amides is 3. The fraction of sp³-hybridized carbons (Fsp3) is 0.292. The molecule has 0 bridgehead atoms. The Morgan fingerprint density at radius 1 is 1.15 bits per heavy atom. The van der Waals surface area contributed by atoms with Crippen LogP contribution in [0.3, 0.4) is 0 Å². The van der Waals surface area contributed by atoms with Crippen molar-refractivity contribution < 1.29 is 18.4 Å². The lowest BCUT2D eigenvalue weighted by molar-refractivity contribution is -0.120. The number of anilines is 2. The molecule has 2 aromatic carbocycles. The first-order chi connectivity index (χ1) is 15.9. The van der Waals surface area contributed by atoms with Crippen molar-refractivity contribution >= 4 is 23.4 Å². The molecule has 1 aliphatic rings. The van der Waals surface area contributed by atoms with E-state index in [1.807, 2.05) is 18.2 Å². The zero-order valence-electron chi connectivity index (χ0n) is 18.3. The zero-order valence-corrected chi connectivity index (χ0v) is 18.3. The van der Waals surface area contributed by atoms with Crippen LogP contribution in [0.4, 0.5) is 25.1 Å². The van der Waals surface area contributed by atoms with E-state index < -0.39 is 17.7 Å². The third-order valence-corrected chi connectivity index (χ3v) is 5.49. The minimum atomic E-state index is -1.13. The predicted octanol–water partition coefficient (Wildman–Crippen LogP) is 4.35. The quantitative estimate of drug-likeness (QED) is 0.519. The SMILES string of the molecule is CCCCc1cc(NC(=O)Nc2cccc(F)c2F)n(-c2ccc3c(c2)CCNC(=O)C3)n1. The van der Waals surface area contributed by atoms with Crippen LogP contribution >= 0.6 is 0 Å². The number of aromatic nitrogens is 2. The van der Waals surface area contributed by atoms with Crippen LogP contribution in [0.5, 0.6) is 0 Å². The molecule has 0 radical (unpaired) electrons. The average Bonchev–Trinajstić information content (AvgIpc) is 3.08. The largest absolute Gasteiger partial charge is 0.355 e. The van der Waals surface area contributed by atoms with Gasteiger partial charge in [-0.2, -0.15) is 5.10 Å². The maximum Gasteiger partial charge on any atom is 0.324 e. The summed E-state index contributed by atoms with van der Waals surface area (Å²) in [6.07, 6.45) is 3.69. The van der Waals surface area contributed by atoms with Gasteiger partial charge in [-0.3, -0.25) is 10.1 Å². The van der Waals surface area contributed by atoms with E-state index in [1.165, 1.54) is 12.1 Å². The third kappa shape index (κ3) is 5.19. The number of fused-ring (bicyclic) bond motifs is 1. The standard InChI is InChI=1S/C24H25F2N5O2/c1-2-3-5-17-14-21(29-24(33)28-20-7-4-6-19(25)23(20)26)31(30-17)18-9-8-15-13-22(32)27-11-10-16(15)12-18/h4,6-9,12,14H,2-3,5,10-11,13H2,1H3,(H,27,32)(H2,28,29,33). The Kier molecular flexibility index (Phi) is 6.67. The molecule has 0 atom stereocenters. The Labute approximate surface area is 190 Å². The molecule has 7 nitrogen and oxygen atoms in total. The summed E-state index contributed by atoms with van der Waals surface area (Å²) in [5, 5.41) is 12.6. The molecule has 0 saturated heterocycles. The summed E-state index contributed by atoms with van der Waals surface area (Å²) < 4.78 is 29.0. The highest BCUT2D eigenvalue weighted by Crippen LogP contribution is 2.24. The van der Waals surface area contributed by atoms with Crippen LogP contribution in [0.1, 0.15) is 36.6 Å². The van der Waals surface area contributed by atoms with Gasteiger partial charge in [-0.05, 0) is 54.7 Å².